The maximum Gasteiger partial charge on any atom is 0.258 e. The van der Waals surface area contributed by atoms with Crippen LogP contribution < -0.4 is 14.8 Å². The number of nitrogens with one attached hydrogen (secondary N) is 1. The van der Waals surface area contributed by atoms with E-state index in [2.05, 4.69) is 41.9 Å². The summed E-state index contributed by atoms with van der Waals surface area (Å²) in [4.78, 5) is 17.6. The highest BCUT2D eigenvalue weighted by atomic mass is 16.5. The van der Waals surface area contributed by atoms with E-state index in [1.54, 1.807) is 0 Å². The van der Waals surface area contributed by atoms with Gasteiger partial charge in [0.1, 0.15) is 17.3 Å². The highest BCUT2D eigenvalue weighted by molar-refractivity contribution is 5.79. The summed E-state index contributed by atoms with van der Waals surface area (Å²) < 4.78 is 14.1. The highest BCUT2D eigenvalue weighted by Gasteiger charge is 2.19. The van der Waals surface area contributed by atoms with E-state index in [1.807, 2.05) is 69.3 Å². The number of amides is 1. The zero-order chi connectivity index (χ0) is 27.1. The highest BCUT2D eigenvalue weighted by Crippen LogP contribution is 2.26. The minimum absolute atomic E-state index is 0.0376. The lowest BCUT2D eigenvalue weighted by molar-refractivity contribution is -0.123. The SMILES string of the molecule is Cc1ccc(C)c(OCC(=O)NC(C)c2nc3ccccc3n2CCCCOc2ccccc2C(C)C)c1. The molecule has 0 bridgehead atoms. The Morgan fingerprint density at radius 1 is 0.921 bits per heavy atom. The third-order valence-corrected chi connectivity index (χ3v) is 6.73. The molecule has 0 aliphatic carbocycles. The van der Waals surface area contributed by atoms with E-state index in [1.165, 1.54) is 5.56 Å². The summed E-state index contributed by atoms with van der Waals surface area (Å²) in [6, 6.07) is 22.1. The second-order valence-electron chi connectivity index (χ2n) is 10.2. The topological polar surface area (TPSA) is 65.4 Å². The van der Waals surface area contributed by atoms with Gasteiger partial charge in [0, 0.05) is 6.54 Å². The molecule has 6 heteroatoms. The molecule has 1 unspecified atom stereocenters. The maximum absolute atomic E-state index is 12.7. The number of carbonyl (C=O) groups is 1. The van der Waals surface area contributed by atoms with Crippen LogP contribution in [0.15, 0.2) is 66.7 Å². The quantitative estimate of drug-likeness (QED) is 0.210. The monoisotopic (exact) mass is 513 g/mol. The Morgan fingerprint density at radius 3 is 2.50 bits per heavy atom. The van der Waals surface area contributed by atoms with Crippen LogP contribution in [0.5, 0.6) is 11.5 Å². The molecule has 1 amide bonds. The standard InChI is InChI=1S/C32H39N3O3/c1-22(2)26-12-6-9-15-29(26)37-19-11-10-18-35-28-14-8-7-13-27(28)34-32(35)25(5)33-31(36)21-38-30-20-23(3)16-17-24(30)4/h6-9,12-17,20,22,25H,10-11,18-19,21H2,1-5H3,(H,33,36). The second-order valence-corrected chi connectivity index (χ2v) is 10.2. The number of imidazole rings is 1. The summed E-state index contributed by atoms with van der Waals surface area (Å²) in [5.41, 5.74) is 5.35. The third-order valence-electron chi connectivity index (χ3n) is 6.73. The van der Waals surface area contributed by atoms with E-state index < -0.39 is 0 Å². The van der Waals surface area contributed by atoms with Crippen molar-refractivity contribution in [2.24, 2.45) is 0 Å². The van der Waals surface area contributed by atoms with Gasteiger partial charge in [-0.05, 0) is 80.5 Å². The van der Waals surface area contributed by atoms with Gasteiger partial charge < -0.3 is 19.4 Å². The van der Waals surface area contributed by atoms with Crippen LogP contribution in [0.4, 0.5) is 0 Å². The molecule has 1 N–H and O–H groups in total. The summed E-state index contributed by atoms with van der Waals surface area (Å²) >= 11 is 0. The first-order chi connectivity index (χ1) is 18.3. The van der Waals surface area contributed by atoms with Crippen LogP contribution in [0.1, 0.15) is 68.1 Å². The number of fused-ring (bicyclic) bond motifs is 1. The number of nitrogens with zero attached hydrogens (tertiary/aromatic N) is 2. The number of carbonyl (C=O) groups excluding carboxylic acids is 1. The van der Waals surface area contributed by atoms with Crippen LogP contribution in [-0.4, -0.2) is 28.7 Å². The molecule has 0 aliphatic heterocycles. The van der Waals surface area contributed by atoms with Crippen LogP contribution in [0.25, 0.3) is 11.0 Å². The van der Waals surface area contributed by atoms with Gasteiger partial charge in [-0.1, -0.05) is 56.3 Å². The first kappa shape index (κ1) is 27.2. The van der Waals surface area contributed by atoms with Crippen LogP contribution >= 0.6 is 0 Å². The number of ether oxygens (including phenoxy) is 2. The average molecular weight is 514 g/mol. The Morgan fingerprint density at radius 2 is 1.68 bits per heavy atom. The molecule has 3 aromatic carbocycles. The minimum atomic E-state index is -0.258. The molecule has 4 rings (SSSR count). The van der Waals surface area contributed by atoms with Gasteiger partial charge in [-0.25, -0.2) is 4.98 Å². The molecule has 1 aromatic heterocycles. The third kappa shape index (κ3) is 6.74. The van der Waals surface area contributed by atoms with Crippen molar-refractivity contribution in [3.63, 3.8) is 0 Å². The normalized spacial score (nSPS) is 12.1. The molecule has 200 valence electrons. The zero-order valence-corrected chi connectivity index (χ0v) is 23.2. The number of benzene rings is 3. The lowest BCUT2D eigenvalue weighted by Crippen LogP contribution is -2.32. The predicted molar refractivity (Wildman–Crippen MR) is 153 cm³/mol. The molecule has 0 fully saturated rings. The van der Waals surface area contributed by atoms with E-state index >= 15 is 0 Å². The zero-order valence-electron chi connectivity index (χ0n) is 23.2. The van der Waals surface area contributed by atoms with E-state index in [0.717, 1.165) is 58.9 Å². The van der Waals surface area contributed by atoms with E-state index in [0.29, 0.717) is 12.5 Å². The first-order valence-electron chi connectivity index (χ1n) is 13.5. The molecular weight excluding hydrogens is 474 g/mol. The Hall–Kier alpha value is -3.80. The largest absolute Gasteiger partial charge is 0.493 e. The molecule has 1 heterocycles. The second kappa shape index (κ2) is 12.6. The van der Waals surface area contributed by atoms with E-state index in [4.69, 9.17) is 14.5 Å². The summed E-state index contributed by atoms with van der Waals surface area (Å²) in [6.45, 7) is 11.7. The van der Waals surface area contributed by atoms with Gasteiger partial charge >= 0.3 is 0 Å². The van der Waals surface area contributed by atoms with Crippen LogP contribution in [-0.2, 0) is 11.3 Å². The Balaban J connectivity index is 1.37. The minimum Gasteiger partial charge on any atom is -0.493 e. The van der Waals surface area contributed by atoms with Gasteiger partial charge in [0.2, 0.25) is 0 Å². The molecule has 38 heavy (non-hydrogen) atoms. The van der Waals surface area contributed by atoms with Crippen molar-refractivity contribution in [3.8, 4) is 11.5 Å². The molecule has 0 spiro atoms. The molecule has 0 saturated carbocycles. The molecule has 1 atom stereocenters. The fraction of sp³-hybridized carbons (Fsp3) is 0.375. The molecule has 0 radical (unpaired) electrons. The van der Waals surface area contributed by atoms with Gasteiger partial charge in [-0.3, -0.25) is 4.79 Å². The summed E-state index contributed by atoms with van der Waals surface area (Å²) in [5.74, 6) is 2.80. The van der Waals surface area contributed by atoms with Crippen LogP contribution in [0.3, 0.4) is 0 Å². The van der Waals surface area contributed by atoms with Crippen molar-refractivity contribution in [2.45, 2.75) is 66.0 Å². The van der Waals surface area contributed by atoms with Gasteiger partial charge in [-0.2, -0.15) is 0 Å². The number of hydrogen-bond acceptors (Lipinski definition) is 4. The van der Waals surface area contributed by atoms with Gasteiger partial charge in [-0.15, -0.1) is 0 Å². The predicted octanol–water partition coefficient (Wildman–Crippen LogP) is 6.89. The van der Waals surface area contributed by atoms with Crippen molar-refractivity contribution in [1.29, 1.82) is 0 Å². The van der Waals surface area contributed by atoms with Crippen molar-refractivity contribution in [1.82, 2.24) is 14.9 Å². The fourth-order valence-corrected chi connectivity index (χ4v) is 4.66. The summed E-state index contributed by atoms with van der Waals surface area (Å²) in [6.07, 6.45) is 1.86. The Labute approximate surface area is 226 Å². The van der Waals surface area contributed by atoms with Crippen molar-refractivity contribution < 1.29 is 14.3 Å². The Kier molecular flexibility index (Phi) is 9.06. The average Bonchev–Trinajstić information content (AvgIpc) is 3.28. The summed E-state index contributed by atoms with van der Waals surface area (Å²) in [7, 11) is 0. The van der Waals surface area contributed by atoms with Crippen LogP contribution in [0.2, 0.25) is 0 Å². The number of aromatic nitrogens is 2. The number of hydrogen-bond donors (Lipinski definition) is 1. The molecular formula is C32H39N3O3. The Bertz CT molecular complexity index is 1380. The van der Waals surface area contributed by atoms with Crippen LogP contribution in [0, 0.1) is 13.8 Å². The lowest BCUT2D eigenvalue weighted by Gasteiger charge is -2.17. The number of aryl methyl sites for hydroxylation is 3. The number of unbranched alkanes of at least 4 members (excludes halogenated alkanes) is 1. The lowest BCUT2D eigenvalue weighted by atomic mass is 10.0. The van der Waals surface area contributed by atoms with Crippen molar-refractivity contribution in [3.05, 3.63) is 89.2 Å². The van der Waals surface area contributed by atoms with Gasteiger partial charge in [0.15, 0.2) is 6.61 Å². The summed E-state index contributed by atoms with van der Waals surface area (Å²) in [5, 5.41) is 3.07. The van der Waals surface area contributed by atoms with E-state index in [9.17, 15) is 4.79 Å². The van der Waals surface area contributed by atoms with Crippen molar-refractivity contribution >= 4 is 16.9 Å². The maximum atomic E-state index is 12.7. The van der Waals surface area contributed by atoms with Gasteiger partial charge in [0.25, 0.3) is 5.91 Å². The van der Waals surface area contributed by atoms with Gasteiger partial charge in [0.05, 0.1) is 23.7 Å². The molecule has 6 nitrogen and oxygen atoms in total. The van der Waals surface area contributed by atoms with Crippen molar-refractivity contribution in [2.75, 3.05) is 13.2 Å². The fourth-order valence-electron chi connectivity index (χ4n) is 4.66. The number of rotatable bonds is 12. The smallest absolute Gasteiger partial charge is 0.258 e. The molecule has 0 aliphatic rings. The van der Waals surface area contributed by atoms with E-state index in [-0.39, 0.29) is 18.6 Å². The molecule has 4 aromatic rings. The molecule has 0 saturated heterocycles. The number of para-hydroxylation sites is 3. The first-order valence-corrected chi connectivity index (χ1v) is 13.5.